The SMILES string of the molecule is C[C@H]1CN(C2CC(Cc3ccccc3)(C(=O)NCc3cc(F)cc(C(F)(F)F)c3)C2)CC[C@@]12C=Cc1ccccc12. The summed E-state index contributed by atoms with van der Waals surface area (Å²) in [6.45, 7) is 4.04. The highest BCUT2D eigenvalue weighted by molar-refractivity contribution is 5.84. The minimum atomic E-state index is -4.66. The maximum Gasteiger partial charge on any atom is 0.416 e. The third-order valence-electron chi connectivity index (χ3n) is 9.60. The minimum Gasteiger partial charge on any atom is -0.352 e. The number of alkyl halides is 3. The lowest BCUT2D eigenvalue weighted by atomic mass is 9.60. The van der Waals surface area contributed by atoms with E-state index in [4.69, 9.17) is 0 Å². The number of fused-ring (bicyclic) bond motifs is 2. The summed E-state index contributed by atoms with van der Waals surface area (Å²) in [4.78, 5) is 16.2. The number of hydrogen-bond acceptors (Lipinski definition) is 2. The molecule has 2 fully saturated rings. The Kier molecular flexibility index (Phi) is 7.05. The van der Waals surface area contributed by atoms with E-state index in [9.17, 15) is 22.4 Å². The molecule has 6 rings (SSSR count). The molecule has 0 radical (unpaired) electrons. The van der Waals surface area contributed by atoms with E-state index in [-0.39, 0.29) is 29.5 Å². The van der Waals surface area contributed by atoms with E-state index in [2.05, 4.69) is 53.6 Å². The van der Waals surface area contributed by atoms with Crippen molar-refractivity contribution >= 4 is 12.0 Å². The number of nitrogens with zero attached hydrogens (tertiary/aromatic N) is 1. The van der Waals surface area contributed by atoms with Gasteiger partial charge in [0.15, 0.2) is 0 Å². The summed E-state index contributed by atoms with van der Waals surface area (Å²) in [5.74, 6) is -0.738. The predicted octanol–water partition coefficient (Wildman–Crippen LogP) is 7.16. The van der Waals surface area contributed by atoms with Gasteiger partial charge in [0.05, 0.1) is 11.0 Å². The fourth-order valence-electron chi connectivity index (χ4n) is 7.34. The van der Waals surface area contributed by atoms with E-state index < -0.39 is 23.0 Å². The van der Waals surface area contributed by atoms with E-state index >= 15 is 0 Å². The number of carbonyl (C=O) groups excluding carboxylic acids is 1. The first kappa shape index (κ1) is 27.7. The van der Waals surface area contributed by atoms with Crippen molar-refractivity contribution in [2.45, 2.75) is 56.8 Å². The summed E-state index contributed by atoms with van der Waals surface area (Å²) in [7, 11) is 0. The van der Waals surface area contributed by atoms with Crippen LogP contribution in [0.4, 0.5) is 17.6 Å². The first-order valence-corrected chi connectivity index (χ1v) is 14.3. The molecule has 3 aromatic carbocycles. The van der Waals surface area contributed by atoms with Crippen LogP contribution in [-0.2, 0) is 29.4 Å². The number of rotatable bonds is 6. The highest BCUT2D eigenvalue weighted by Crippen LogP contribution is 2.51. The lowest BCUT2D eigenvalue weighted by molar-refractivity contribution is -0.142. The van der Waals surface area contributed by atoms with E-state index in [1.165, 1.54) is 11.1 Å². The summed E-state index contributed by atoms with van der Waals surface area (Å²) in [5.41, 5.74) is 2.18. The second-order valence-electron chi connectivity index (χ2n) is 12.1. The molecular formula is C34H34F4N2O. The second kappa shape index (κ2) is 10.4. The molecule has 41 heavy (non-hydrogen) atoms. The van der Waals surface area contributed by atoms with Crippen molar-refractivity contribution in [1.29, 1.82) is 0 Å². The number of likely N-dealkylation sites (tertiary alicyclic amines) is 1. The highest BCUT2D eigenvalue weighted by Gasteiger charge is 2.53. The smallest absolute Gasteiger partial charge is 0.352 e. The molecule has 1 aliphatic heterocycles. The first-order valence-electron chi connectivity index (χ1n) is 14.3. The van der Waals surface area contributed by atoms with Gasteiger partial charge < -0.3 is 5.32 Å². The van der Waals surface area contributed by atoms with Crippen molar-refractivity contribution in [3.8, 4) is 0 Å². The van der Waals surface area contributed by atoms with Crippen LogP contribution in [0, 0.1) is 17.2 Å². The lowest BCUT2D eigenvalue weighted by Crippen LogP contribution is -2.61. The average Bonchev–Trinajstić information content (AvgIpc) is 3.30. The fourth-order valence-corrected chi connectivity index (χ4v) is 7.34. The number of halogens is 4. The van der Waals surface area contributed by atoms with Crippen LogP contribution < -0.4 is 5.32 Å². The van der Waals surface area contributed by atoms with Crippen LogP contribution >= 0.6 is 0 Å². The van der Waals surface area contributed by atoms with Crippen LogP contribution in [0.3, 0.4) is 0 Å². The number of carbonyl (C=O) groups is 1. The van der Waals surface area contributed by atoms with Crippen molar-refractivity contribution in [2.75, 3.05) is 13.1 Å². The van der Waals surface area contributed by atoms with Crippen molar-refractivity contribution < 1.29 is 22.4 Å². The van der Waals surface area contributed by atoms with Crippen LogP contribution in [0.1, 0.15) is 54.0 Å². The van der Waals surface area contributed by atoms with Gasteiger partial charge in [-0.1, -0.05) is 73.7 Å². The highest BCUT2D eigenvalue weighted by atomic mass is 19.4. The maximum atomic E-state index is 13.9. The number of hydrogen-bond donors (Lipinski definition) is 1. The molecule has 214 valence electrons. The molecule has 2 aliphatic carbocycles. The largest absolute Gasteiger partial charge is 0.416 e. The monoisotopic (exact) mass is 562 g/mol. The Morgan fingerprint density at radius 3 is 2.46 bits per heavy atom. The lowest BCUT2D eigenvalue weighted by Gasteiger charge is -2.55. The fraction of sp³-hybridized carbons (Fsp3) is 0.382. The van der Waals surface area contributed by atoms with Crippen LogP contribution in [0.2, 0.25) is 0 Å². The van der Waals surface area contributed by atoms with Gasteiger partial charge in [-0.05, 0) is 78.6 Å². The van der Waals surface area contributed by atoms with Gasteiger partial charge in [0.1, 0.15) is 5.82 Å². The number of amides is 1. The van der Waals surface area contributed by atoms with Gasteiger partial charge in [0.2, 0.25) is 5.91 Å². The van der Waals surface area contributed by atoms with E-state index in [1.54, 1.807) is 0 Å². The summed E-state index contributed by atoms with van der Waals surface area (Å²) < 4.78 is 53.5. The quantitative estimate of drug-likeness (QED) is 0.324. The van der Waals surface area contributed by atoms with Gasteiger partial charge in [0.25, 0.3) is 0 Å². The molecule has 2 atom stereocenters. The molecule has 1 heterocycles. The molecule has 0 unspecified atom stereocenters. The molecule has 1 N–H and O–H groups in total. The minimum absolute atomic E-state index is 0.0512. The molecule has 0 aromatic heterocycles. The molecule has 7 heteroatoms. The summed E-state index contributed by atoms with van der Waals surface area (Å²) >= 11 is 0. The number of nitrogens with one attached hydrogen (secondary N) is 1. The topological polar surface area (TPSA) is 32.3 Å². The summed E-state index contributed by atoms with van der Waals surface area (Å²) in [6.07, 6.45) is 2.90. The molecule has 1 spiro atoms. The van der Waals surface area contributed by atoms with Crippen LogP contribution in [-0.4, -0.2) is 29.9 Å². The molecule has 1 amide bonds. The Labute approximate surface area is 238 Å². The molecule has 1 saturated heterocycles. The Balaban J connectivity index is 1.16. The second-order valence-corrected chi connectivity index (χ2v) is 12.1. The summed E-state index contributed by atoms with van der Waals surface area (Å²) in [6, 6.07) is 21.1. The molecule has 3 aliphatic rings. The zero-order chi connectivity index (χ0) is 28.8. The van der Waals surface area contributed by atoms with Crippen molar-refractivity contribution in [2.24, 2.45) is 11.3 Å². The Hall–Kier alpha value is -3.45. The summed E-state index contributed by atoms with van der Waals surface area (Å²) in [5, 5.41) is 2.85. The first-order chi connectivity index (χ1) is 19.6. The van der Waals surface area contributed by atoms with Gasteiger partial charge in [-0.2, -0.15) is 13.2 Å². The third-order valence-corrected chi connectivity index (χ3v) is 9.60. The zero-order valence-corrected chi connectivity index (χ0v) is 23.1. The average molecular weight is 563 g/mol. The molecule has 1 saturated carbocycles. The normalized spacial score (nSPS) is 27.4. The Morgan fingerprint density at radius 1 is 1.00 bits per heavy atom. The van der Waals surface area contributed by atoms with Crippen molar-refractivity contribution in [3.63, 3.8) is 0 Å². The van der Waals surface area contributed by atoms with E-state index in [1.807, 2.05) is 30.3 Å². The van der Waals surface area contributed by atoms with E-state index in [0.717, 1.165) is 37.2 Å². The molecule has 3 aromatic rings. The standard InChI is InChI=1S/C34H34F4N2O/c1-23-22-40(14-13-33(23)12-11-26-9-5-6-10-30(26)33)29-19-32(20-29,18-24-7-3-2-4-8-24)31(41)39-21-25-15-27(34(36,37)38)17-28(35)16-25/h2-12,15-17,23,29H,13-14,18-22H2,1H3,(H,39,41)/t23-,29?,32?,33-/m0/s1. The van der Waals surface area contributed by atoms with Crippen LogP contribution in [0.5, 0.6) is 0 Å². The van der Waals surface area contributed by atoms with Gasteiger partial charge in [-0.15, -0.1) is 0 Å². The van der Waals surface area contributed by atoms with Gasteiger partial charge in [-0.3, -0.25) is 9.69 Å². The maximum absolute atomic E-state index is 13.9. The van der Waals surface area contributed by atoms with Crippen LogP contribution in [0.15, 0.2) is 78.9 Å². The Morgan fingerprint density at radius 2 is 1.73 bits per heavy atom. The van der Waals surface area contributed by atoms with Gasteiger partial charge in [-0.25, -0.2) is 4.39 Å². The molecular weight excluding hydrogens is 528 g/mol. The third kappa shape index (κ3) is 5.21. The van der Waals surface area contributed by atoms with Gasteiger partial charge in [0, 0.05) is 24.5 Å². The number of allylic oxidation sites excluding steroid dienone is 1. The number of piperidine rings is 1. The van der Waals surface area contributed by atoms with Gasteiger partial charge >= 0.3 is 6.18 Å². The van der Waals surface area contributed by atoms with E-state index in [0.29, 0.717) is 31.2 Å². The Bertz CT molecular complexity index is 1460. The van der Waals surface area contributed by atoms with Crippen molar-refractivity contribution in [3.05, 3.63) is 113 Å². The zero-order valence-electron chi connectivity index (χ0n) is 23.1. The van der Waals surface area contributed by atoms with Crippen molar-refractivity contribution in [1.82, 2.24) is 10.2 Å². The van der Waals surface area contributed by atoms with Crippen LogP contribution in [0.25, 0.3) is 6.08 Å². The number of benzene rings is 3. The molecule has 3 nitrogen and oxygen atoms in total. The molecule has 0 bridgehead atoms. The predicted molar refractivity (Wildman–Crippen MR) is 151 cm³/mol.